The average molecular weight is 291 g/mol. The van der Waals surface area contributed by atoms with Gasteiger partial charge in [-0.2, -0.15) is 0 Å². The molecule has 0 saturated carbocycles. The van der Waals surface area contributed by atoms with Crippen molar-refractivity contribution in [2.75, 3.05) is 12.5 Å². The summed E-state index contributed by atoms with van der Waals surface area (Å²) in [5.41, 5.74) is 0.617. The topological polar surface area (TPSA) is 29.5 Å². The number of alkyl halides is 1. The Morgan fingerprint density at radius 2 is 1.60 bits per heavy atom. The van der Waals surface area contributed by atoms with Crippen molar-refractivity contribution in [2.45, 2.75) is 18.9 Å². The highest BCUT2D eigenvalue weighted by molar-refractivity contribution is 6.17. The molecule has 2 aromatic rings. The molecule has 1 N–H and O–H groups in total. The van der Waals surface area contributed by atoms with Gasteiger partial charge in [-0.25, -0.2) is 0 Å². The fourth-order valence-corrected chi connectivity index (χ4v) is 2.57. The van der Waals surface area contributed by atoms with Crippen LogP contribution in [0.5, 0.6) is 5.75 Å². The summed E-state index contributed by atoms with van der Waals surface area (Å²) in [6.07, 6.45) is 0.465. The van der Waals surface area contributed by atoms with E-state index in [4.69, 9.17) is 16.3 Å². The van der Waals surface area contributed by atoms with Crippen molar-refractivity contribution in [3.8, 4) is 5.75 Å². The predicted molar refractivity (Wildman–Crippen MR) is 82.4 cm³/mol. The van der Waals surface area contributed by atoms with Crippen molar-refractivity contribution in [2.24, 2.45) is 0 Å². The third-order valence-electron chi connectivity index (χ3n) is 3.35. The minimum atomic E-state index is -1.06. The van der Waals surface area contributed by atoms with Crippen LogP contribution in [0.4, 0.5) is 0 Å². The Labute approximate surface area is 125 Å². The van der Waals surface area contributed by atoms with Crippen LogP contribution in [0.25, 0.3) is 0 Å². The monoisotopic (exact) mass is 290 g/mol. The van der Waals surface area contributed by atoms with Gasteiger partial charge in [0, 0.05) is 5.88 Å². The van der Waals surface area contributed by atoms with Crippen molar-refractivity contribution in [3.05, 3.63) is 65.7 Å². The second-order valence-electron chi connectivity index (χ2n) is 4.62. The maximum absolute atomic E-state index is 11.0. The SMILES string of the molecule is CCOc1ccc(C(O)(CCCl)c2ccccc2)cc1. The number of ether oxygens (including phenoxy) is 1. The Hall–Kier alpha value is -1.51. The number of rotatable bonds is 6. The zero-order valence-corrected chi connectivity index (χ0v) is 12.3. The van der Waals surface area contributed by atoms with E-state index in [0.717, 1.165) is 16.9 Å². The fraction of sp³-hybridized carbons (Fsp3) is 0.294. The van der Waals surface area contributed by atoms with Crippen LogP contribution in [0, 0.1) is 0 Å². The molecule has 0 aliphatic heterocycles. The number of benzene rings is 2. The van der Waals surface area contributed by atoms with Gasteiger partial charge in [0.25, 0.3) is 0 Å². The van der Waals surface area contributed by atoms with Crippen molar-refractivity contribution in [3.63, 3.8) is 0 Å². The summed E-state index contributed by atoms with van der Waals surface area (Å²) in [5.74, 6) is 1.19. The highest BCUT2D eigenvalue weighted by atomic mass is 35.5. The first-order valence-electron chi connectivity index (χ1n) is 6.78. The maximum atomic E-state index is 11.0. The molecule has 2 nitrogen and oxygen atoms in total. The minimum Gasteiger partial charge on any atom is -0.494 e. The first-order valence-corrected chi connectivity index (χ1v) is 7.31. The summed E-state index contributed by atoms with van der Waals surface area (Å²) >= 11 is 5.88. The van der Waals surface area contributed by atoms with Crippen LogP contribution in [-0.4, -0.2) is 17.6 Å². The van der Waals surface area contributed by atoms with Gasteiger partial charge >= 0.3 is 0 Å². The van der Waals surface area contributed by atoms with Crippen LogP contribution in [0.15, 0.2) is 54.6 Å². The second kappa shape index (κ2) is 6.78. The summed E-state index contributed by atoms with van der Waals surface area (Å²) in [6.45, 7) is 2.58. The molecule has 3 heteroatoms. The molecule has 0 saturated heterocycles. The Bertz CT molecular complexity index is 524. The van der Waals surface area contributed by atoms with E-state index in [-0.39, 0.29) is 0 Å². The van der Waals surface area contributed by atoms with Crippen molar-refractivity contribution in [1.82, 2.24) is 0 Å². The summed E-state index contributed by atoms with van der Waals surface area (Å²) in [7, 11) is 0. The van der Waals surface area contributed by atoms with Gasteiger partial charge in [-0.15, -0.1) is 11.6 Å². The molecule has 20 heavy (non-hydrogen) atoms. The van der Waals surface area contributed by atoms with Gasteiger partial charge in [0.1, 0.15) is 11.4 Å². The molecule has 0 aromatic heterocycles. The lowest BCUT2D eigenvalue weighted by Crippen LogP contribution is -2.27. The first-order chi connectivity index (χ1) is 9.70. The molecule has 0 aliphatic carbocycles. The summed E-state index contributed by atoms with van der Waals surface area (Å²) in [5, 5.41) is 11.0. The highest BCUT2D eigenvalue weighted by Crippen LogP contribution is 2.34. The average Bonchev–Trinajstić information content (AvgIpc) is 2.49. The van der Waals surface area contributed by atoms with Crippen LogP contribution in [0.3, 0.4) is 0 Å². The lowest BCUT2D eigenvalue weighted by atomic mass is 9.84. The van der Waals surface area contributed by atoms with E-state index in [2.05, 4.69) is 0 Å². The molecule has 106 valence electrons. The standard InChI is InChI=1S/C17H19ClO2/c1-2-20-16-10-8-15(9-11-16)17(19,12-13-18)14-6-4-3-5-7-14/h3-11,19H,2,12-13H2,1H3. The van der Waals surface area contributed by atoms with Crippen molar-refractivity contribution in [1.29, 1.82) is 0 Å². The Balaban J connectivity index is 2.37. The van der Waals surface area contributed by atoms with Crippen LogP contribution in [0.1, 0.15) is 24.5 Å². The fourth-order valence-electron chi connectivity index (χ4n) is 2.30. The smallest absolute Gasteiger partial charge is 0.119 e. The lowest BCUT2D eigenvalue weighted by Gasteiger charge is -2.29. The van der Waals surface area contributed by atoms with E-state index in [1.807, 2.05) is 61.5 Å². The molecule has 2 rings (SSSR count). The van der Waals surface area contributed by atoms with E-state index >= 15 is 0 Å². The number of hydrogen-bond donors (Lipinski definition) is 1. The predicted octanol–water partition coefficient (Wildman–Crippen LogP) is 3.95. The molecule has 0 aliphatic rings. The molecule has 0 fully saturated rings. The molecular formula is C17H19ClO2. The van der Waals surface area contributed by atoms with Crippen LogP contribution in [-0.2, 0) is 5.60 Å². The third kappa shape index (κ3) is 3.14. The molecular weight excluding hydrogens is 272 g/mol. The quantitative estimate of drug-likeness (QED) is 0.816. The summed E-state index contributed by atoms with van der Waals surface area (Å²) in [6, 6.07) is 17.2. The Morgan fingerprint density at radius 3 is 2.15 bits per heavy atom. The molecule has 1 atom stereocenters. The normalized spacial score (nSPS) is 13.8. The van der Waals surface area contributed by atoms with E-state index in [9.17, 15) is 5.11 Å². The highest BCUT2D eigenvalue weighted by Gasteiger charge is 2.30. The first kappa shape index (κ1) is 14.9. The van der Waals surface area contributed by atoms with Crippen LogP contribution >= 0.6 is 11.6 Å². The molecule has 0 radical (unpaired) electrons. The van der Waals surface area contributed by atoms with Crippen molar-refractivity contribution < 1.29 is 9.84 Å². The van der Waals surface area contributed by atoms with Crippen LogP contribution < -0.4 is 4.74 Å². The molecule has 0 spiro atoms. The van der Waals surface area contributed by atoms with E-state index < -0.39 is 5.60 Å². The van der Waals surface area contributed by atoms with E-state index in [0.29, 0.717) is 18.9 Å². The summed E-state index contributed by atoms with van der Waals surface area (Å²) < 4.78 is 5.43. The molecule has 0 bridgehead atoms. The van der Waals surface area contributed by atoms with Gasteiger partial charge in [-0.05, 0) is 36.6 Å². The molecule has 2 aromatic carbocycles. The minimum absolute atomic E-state index is 0.388. The van der Waals surface area contributed by atoms with Gasteiger partial charge in [-0.1, -0.05) is 42.5 Å². The largest absolute Gasteiger partial charge is 0.494 e. The molecule has 1 unspecified atom stereocenters. The van der Waals surface area contributed by atoms with Crippen molar-refractivity contribution >= 4 is 11.6 Å². The molecule has 0 amide bonds. The number of halogens is 1. The van der Waals surface area contributed by atoms with Gasteiger partial charge < -0.3 is 9.84 Å². The second-order valence-corrected chi connectivity index (χ2v) is 5.00. The Morgan fingerprint density at radius 1 is 1.00 bits per heavy atom. The van der Waals surface area contributed by atoms with Gasteiger partial charge in [0.15, 0.2) is 0 Å². The maximum Gasteiger partial charge on any atom is 0.119 e. The number of aliphatic hydroxyl groups is 1. The molecule has 0 heterocycles. The third-order valence-corrected chi connectivity index (χ3v) is 3.54. The zero-order chi connectivity index (χ0) is 14.4. The zero-order valence-electron chi connectivity index (χ0n) is 11.6. The van der Waals surface area contributed by atoms with Gasteiger partial charge in [0.2, 0.25) is 0 Å². The van der Waals surface area contributed by atoms with Crippen LogP contribution in [0.2, 0.25) is 0 Å². The Kier molecular flexibility index (Phi) is 5.05. The van der Waals surface area contributed by atoms with E-state index in [1.54, 1.807) is 0 Å². The van der Waals surface area contributed by atoms with Gasteiger partial charge in [0.05, 0.1) is 6.61 Å². The summed E-state index contributed by atoms with van der Waals surface area (Å²) in [4.78, 5) is 0. The van der Waals surface area contributed by atoms with E-state index in [1.165, 1.54) is 0 Å². The number of hydrogen-bond acceptors (Lipinski definition) is 2. The van der Waals surface area contributed by atoms with Gasteiger partial charge in [-0.3, -0.25) is 0 Å². The lowest BCUT2D eigenvalue weighted by molar-refractivity contribution is 0.0774.